The molecule has 3 N–H and O–H groups in total. The van der Waals surface area contributed by atoms with Crippen LogP contribution < -0.4 is 15.4 Å². The highest BCUT2D eigenvalue weighted by molar-refractivity contribution is 5.95. The van der Waals surface area contributed by atoms with Gasteiger partial charge in [0.25, 0.3) is 0 Å². The first kappa shape index (κ1) is 19.0. The van der Waals surface area contributed by atoms with Gasteiger partial charge in [-0.15, -0.1) is 0 Å². The van der Waals surface area contributed by atoms with E-state index in [1.807, 2.05) is 18.2 Å². The number of fused-ring (bicyclic) bond motifs is 1. The lowest BCUT2D eigenvalue weighted by Gasteiger charge is -2.10. The summed E-state index contributed by atoms with van der Waals surface area (Å²) in [5.74, 6) is 0.0823. The number of nitrogens with one attached hydrogen (secondary N) is 3. The smallest absolute Gasteiger partial charge is 0.242 e. The zero-order chi connectivity index (χ0) is 20.4. The van der Waals surface area contributed by atoms with Crippen LogP contribution in [0, 0.1) is 5.82 Å². The topological polar surface area (TPSA) is 83.2 Å². The maximum atomic E-state index is 13.4. The maximum absolute atomic E-state index is 13.4. The molecule has 2 amide bonds. The Bertz CT molecular complexity index is 1060. The highest BCUT2D eigenvalue weighted by atomic mass is 19.1. The SMILES string of the molecule is COc1cccc2c(CCC(=O)N[C@H]3CCNC3=O)c(-c3ccc(F)cc3)[nH]c12. The number of methoxy groups -OCH3 is 1. The van der Waals surface area contributed by atoms with E-state index in [0.717, 1.165) is 27.7 Å². The molecule has 1 saturated heterocycles. The van der Waals surface area contributed by atoms with E-state index in [1.165, 1.54) is 12.1 Å². The number of halogens is 1. The van der Waals surface area contributed by atoms with Crippen molar-refractivity contribution in [1.29, 1.82) is 0 Å². The second kappa shape index (κ2) is 7.95. The summed E-state index contributed by atoms with van der Waals surface area (Å²) in [5, 5.41) is 6.46. The van der Waals surface area contributed by atoms with Gasteiger partial charge in [-0.25, -0.2) is 4.39 Å². The molecule has 2 aromatic carbocycles. The second-order valence-electron chi connectivity index (χ2n) is 7.07. The Morgan fingerprint density at radius 2 is 2.03 bits per heavy atom. The third-order valence-electron chi connectivity index (χ3n) is 5.24. The normalized spacial score (nSPS) is 16.1. The molecule has 2 heterocycles. The first-order valence-electron chi connectivity index (χ1n) is 9.57. The monoisotopic (exact) mass is 395 g/mol. The van der Waals surface area contributed by atoms with Gasteiger partial charge in [0.05, 0.1) is 12.6 Å². The molecule has 0 radical (unpaired) electrons. The summed E-state index contributed by atoms with van der Waals surface area (Å²) in [6.45, 7) is 0.584. The van der Waals surface area contributed by atoms with Crippen LogP contribution in [0.5, 0.6) is 5.75 Å². The van der Waals surface area contributed by atoms with Crippen LogP contribution in [0.4, 0.5) is 4.39 Å². The zero-order valence-electron chi connectivity index (χ0n) is 16.0. The molecule has 29 heavy (non-hydrogen) atoms. The number of carbonyl (C=O) groups excluding carboxylic acids is 2. The minimum atomic E-state index is -0.456. The minimum absolute atomic E-state index is 0.137. The molecule has 150 valence electrons. The molecule has 0 aliphatic carbocycles. The number of aryl methyl sites for hydroxylation is 1. The van der Waals surface area contributed by atoms with Crippen LogP contribution in [0.2, 0.25) is 0 Å². The van der Waals surface area contributed by atoms with E-state index in [4.69, 9.17) is 4.74 Å². The summed E-state index contributed by atoms with van der Waals surface area (Å²) >= 11 is 0. The van der Waals surface area contributed by atoms with Gasteiger partial charge in [-0.3, -0.25) is 9.59 Å². The molecule has 0 saturated carbocycles. The first-order chi connectivity index (χ1) is 14.1. The Kier molecular flexibility index (Phi) is 5.20. The van der Waals surface area contributed by atoms with E-state index in [2.05, 4.69) is 15.6 Å². The van der Waals surface area contributed by atoms with Crippen molar-refractivity contribution >= 4 is 22.7 Å². The zero-order valence-corrected chi connectivity index (χ0v) is 16.0. The van der Waals surface area contributed by atoms with Gasteiger partial charge in [-0.1, -0.05) is 12.1 Å². The number of ether oxygens (including phenoxy) is 1. The van der Waals surface area contributed by atoms with E-state index in [0.29, 0.717) is 25.1 Å². The molecule has 0 spiro atoms. The number of rotatable bonds is 6. The van der Waals surface area contributed by atoms with Crippen molar-refractivity contribution in [1.82, 2.24) is 15.6 Å². The largest absolute Gasteiger partial charge is 0.495 e. The number of hydrogen-bond donors (Lipinski definition) is 3. The number of hydrogen-bond acceptors (Lipinski definition) is 3. The third-order valence-corrected chi connectivity index (χ3v) is 5.24. The highest BCUT2D eigenvalue weighted by Gasteiger charge is 2.25. The predicted molar refractivity (Wildman–Crippen MR) is 108 cm³/mol. The molecular weight excluding hydrogens is 373 g/mol. The molecule has 1 aromatic heterocycles. The van der Waals surface area contributed by atoms with E-state index in [1.54, 1.807) is 19.2 Å². The quantitative estimate of drug-likeness (QED) is 0.600. The van der Waals surface area contributed by atoms with Crippen LogP contribution in [0.25, 0.3) is 22.2 Å². The Labute approximate surface area is 167 Å². The molecular formula is C22H22FN3O3. The van der Waals surface area contributed by atoms with Crippen molar-refractivity contribution in [3.05, 3.63) is 53.8 Å². The Hall–Kier alpha value is -3.35. The molecule has 0 unspecified atom stereocenters. The summed E-state index contributed by atoms with van der Waals surface area (Å²) in [6, 6.07) is 11.5. The van der Waals surface area contributed by atoms with Crippen molar-refractivity contribution in [2.24, 2.45) is 0 Å². The van der Waals surface area contributed by atoms with Crippen LogP contribution in [0.15, 0.2) is 42.5 Å². The van der Waals surface area contributed by atoms with Gasteiger partial charge in [0.2, 0.25) is 11.8 Å². The lowest BCUT2D eigenvalue weighted by Crippen LogP contribution is -2.40. The van der Waals surface area contributed by atoms with Gasteiger partial charge in [-0.05, 0) is 54.3 Å². The van der Waals surface area contributed by atoms with Crippen LogP contribution in [-0.4, -0.2) is 36.5 Å². The van der Waals surface area contributed by atoms with Crippen LogP contribution >= 0.6 is 0 Å². The van der Waals surface area contributed by atoms with Crippen LogP contribution in [0.1, 0.15) is 18.4 Å². The number of para-hydroxylation sites is 1. The van der Waals surface area contributed by atoms with Gasteiger partial charge >= 0.3 is 0 Å². The summed E-state index contributed by atoms with van der Waals surface area (Å²) in [7, 11) is 1.60. The molecule has 1 atom stereocenters. The predicted octanol–water partition coefficient (Wildman–Crippen LogP) is 2.92. The summed E-state index contributed by atoms with van der Waals surface area (Å²) in [6.07, 6.45) is 1.32. The summed E-state index contributed by atoms with van der Waals surface area (Å²) in [5.41, 5.74) is 3.45. The van der Waals surface area contributed by atoms with Gasteiger partial charge < -0.3 is 20.4 Å². The molecule has 1 aliphatic heterocycles. The molecule has 0 bridgehead atoms. The van der Waals surface area contributed by atoms with E-state index < -0.39 is 6.04 Å². The van der Waals surface area contributed by atoms with Gasteiger partial charge in [-0.2, -0.15) is 0 Å². The number of amides is 2. The molecule has 4 rings (SSSR count). The van der Waals surface area contributed by atoms with Gasteiger partial charge in [0.1, 0.15) is 17.6 Å². The number of aromatic nitrogens is 1. The highest BCUT2D eigenvalue weighted by Crippen LogP contribution is 2.35. The van der Waals surface area contributed by atoms with Crippen molar-refractivity contribution in [3.8, 4) is 17.0 Å². The fourth-order valence-corrected chi connectivity index (χ4v) is 3.78. The van der Waals surface area contributed by atoms with E-state index >= 15 is 0 Å². The third kappa shape index (κ3) is 3.81. The summed E-state index contributed by atoms with van der Waals surface area (Å²) < 4.78 is 18.9. The van der Waals surface area contributed by atoms with Crippen molar-refractivity contribution < 1.29 is 18.7 Å². The maximum Gasteiger partial charge on any atom is 0.242 e. The number of benzene rings is 2. The molecule has 7 heteroatoms. The Morgan fingerprint density at radius 1 is 1.24 bits per heavy atom. The van der Waals surface area contributed by atoms with E-state index in [9.17, 15) is 14.0 Å². The molecule has 6 nitrogen and oxygen atoms in total. The molecule has 1 fully saturated rings. The van der Waals surface area contributed by atoms with Crippen molar-refractivity contribution in [3.63, 3.8) is 0 Å². The van der Waals surface area contributed by atoms with Crippen LogP contribution in [0.3, 0.4) is 0 Å². The van der Waals surface area contributed by atoms with Crippen LogP contribution in [-0.2, 0) is 16.0 Å². The number of aromatic amines is 1. The van der Waals surface area contributed by atoms with Crippen molar-refractivity contribution in [2.75, 3.05) is 13.7 Å². The Morgan fingerprint density at radius 3 is 2.72 bits per heavy atom. The molecule has 1 aliphatic rings. The second-order valence-corrected chi connectivity index (χ2v) is 7.07. The number of H-pyrrole nitrogens is 1. The fourth-order valence-electron chi connectivity index (χ4n) is 3.78. The first-order valence-corrected chi connectivity index (χ1v) is 9.57. The van der Waals surface area contributed by atoms with Crippen molar-refractivity contribution in [2.45, 2.75) is 25.3 Å². The van der Waals surface area contributed by atoms with Gasteiger partial charge in [0, 0.05) is 24.0 Å². The lowest BCUT2D eigenvalue weighted by atomic mass is 10.0. The Balaban J connectivity index is 1.64. The molecule has 3 aromatic rings. The van der Waals surface area contributed by atoms with E-state index in [-0.39, 0.29) is 24.1 Å². The average Bonchev–Trinajstić information content (AvgIpc) is 3.30. The summed E-state index contributed by atoms with van der Waals surface area (Å²) in [4.78, 5) is 27.5. The minimum Gasteiger partial charge on any atom is -0.495 e. The van der Waals surface area contributed by atoms with Gasteiger partial charge in [0.15, 0.2) is 0 Å². The average molecular weight is 395 g/mol. The lowest BCUT2D eigenvalue weighted by molar-refractivity contribution is -0.127. The fraction of sp³-hybridized carbons (Fsp3) is 0.273. The number of carbonyl (C=O) groups is 2. The standard InChI is InChI=1S/C22H22FN3O3/c1-29-18-4-2-3-15-16(9-10-19(27)25-17-11-12-24-22(17)28)20(26-21(15)18)13-5-7-14(23)8-6-13/h2-8,17,26H,9-12H2,1H3,(H,24,28)(H,25,27)/t17-/m0/s1.